The van der Waals surface area contributed by atoms with Crippen LogP contribution >= 0.6 is 12.2 Å². The molecule has 0 aliphatic carbocycles. The molecule has 15 heavy (non-hydrogen) atoms. The van der Waals surface area contributed by atoms with Crippen molar-refractivity contribution in [3.63, 3.8) is 0 Å². The number of sulfonamides is 2. The molecule has 1 unspecified atom stereocenters. The molecule has 0 spiro atoms. The summed E-state index contributed by atoms with van der Waals surface area (Å²) in [5.41, 5.74) is 5.15. The lowest BCUT2D eigenvalue weighted by atomic mass is 10.5. The van der Waals surface area contributed by atoms with Gasteiger partial charge in [-0.3, -0.25) is 0 Å². The fourth-order valence-corrected chi connectivity index (χ4v) is 2.44. The zero-order valence-corrected chi connectivity index (χ0v) is 10.5. The number of hydrogen-bond acceptors (Lipinski definition) is 5. The predicted octanol–water partition coefficient (Wildman–Crippen LogP) is -2.13. The minimum atomic E-state index is -3.72. The maximum atomic E-state index is 11.3. The molecule has 0 fully saturated rings. The van der Waals surface area contributed by atoms with E-state index < -0.39 is 31.0 Å². The molecule has 7 nitrogen and oxygen atoms in total. The van der Waals surface area contributed by atoms with E-state index in [1.165, 1.54) is 6.92 Å². The van der Waals surface area contributed by atoms with Gasteiger partial charge < -0.3 is 5.73 Å². The van der Waals surface area contributed by atoms with Crippen LogP contribution in [0.4, 0.5) is 0 Å². The van der Waals surface area contributed by atoms with Crippen molar-refractivity contribution in [1.29, 1.82) is 0 Å². The molecule has 5 N–H and O–H groups in total. The Morgan fingerprint density at radius 3 is 2.20 bits per heavy atom. The summed E-state index contributed by atoms with van der Waals surface area (Å²) < 4.78 is 45.8. The van der Waals surface area contributed by atoms with Gasteiger partial charge in [0.2, 0.25) is 20.0 Å². The number of thiocarbonyl (C=S) groups is 1. The third-order valence-corrected chi connectivity index (χ3v) is 4.62. The van der Waals surface area contributed by atoms with E-state index in [0.717, 1.165) is 0 Å². The Morgan fingerprint density at radius 1 is 1.40 bits per heavy atom. The summed E-state index contributed by atoms with van der Waals surface area (Å²) in [5.74, 6) is -0.476. The maximum absolute atomic E-state index is 11.3. The molecule has 10 heteroatoms. The fraction of sp³-hybridized carbons (Fsp3) is 0.800. The van der Waals surface area contributed by atoms with Crippen LogP contribution in [0.1, 0.15) is 6.92 Å². The van der Waals surface area contributed by atoms with Crippen LogP contribution in [0.2, 0.25) is 0 Å². The van der Waals surface area contributed by atoms with E-state index in [0.29, 0.717) is 0 Å². The van der Waals surface area contributed by atoms with Crippen LogP contribution in [0.15, 0.2) is 0 Å². The van der Waals surface area contributed by atoms with Gasteiger partial charge in [0.25, 0.3) is 0 Å². The zero-order chi connectivity index (χ0) is 12.3. The highest BCUT2D eigenvalue weighted by Crippen LogP contribution is 1.97. The predicted molar refractivity (Wildman–Crippen MR) is 61.1 cm³/mol. The quantitative estimate of drug-likeness (QED) is 0.474. The van der Waals surface area contributed by atoms with Crippen molar-refractivity contribution < 1.29 is 16.8 Å². The number of hydrogen-bond donors (Lipinski definition) is 3. The molecule has 0 aliphatic heterocycles. The van der Waals surface area contributed by atoms with Crippen molar-refractivity contribution in [3.05, 3.63) is 0 Å². The minimum Gasteiger partial charge on any atom is -0.392 e. The molecule has 0 aromatic heterocycles. The first-order valence-corrected chi connectivity index (χ1v) is 7.51. The number of nitrogens with two attached hydrogens (primary N) is 2. The molecule has 90 valence electrons. The van der Waals surface area contributed by atoms with Crippen LogP contribution < -0.4 is 15.6 Å². The lowest BCUT2D eigenvalue weighted by molar-refractivity contribution is 0.578. The van der Waals surface area contributed by atoms with Crippen molar-refractivity contribution in [2.24, 2.45) is 10.9 Å². The van der Waals surface area contributed by atoms with Gasteiger partial charge in [-0.15, -0.1) is 0 Å². The number of primary sulfonamides is 1. The van der Waals surface area contributed by atoms with Crippen molar-refractivity contribution in [3.8, 4) is 0 Å². The minimum absolute atomic E-state index is 0.182. The first kappa shape index (κ1) is 14.7. The third-order valence-electron chi connectivity index (χ3n) is 1.56. The van der Waals surface area contributed by atoms with E-state index in [-0.39, 0.29) is 11.5 Å². The van der Waals surface area contributed by atoms with Gasteiger partial charge in [0, 0.05) is 6.54 Å². The van der Waals surface area contributed by atoms with E-state index in [9.17, 15) is 16.8 Å². The largest absolute Gasteiger partial charge is 0.392 e. The van der Waals surface area contributed by atoms with E-state index in [1.54, 1.807) is 0 Å². The van der Waals surface area contributed by atoms with E-state index in [4.69, 9.17) is 5.73 Å². The van der Waals surface area contributed by atoms with Gasteiger partial charge in [-0.2, -0.15) is 0 Å². The molecule has 0 aromatic carbocycles. The summed E-state index contributed by atoms with van der Waals surface area (Å²) in [4.78, 5) is -0.182. The summed E-state index contributed by atoms with van der Waals surface area (Å²) in [5, 5.41) is 3.64. The summed E-state index contributed by atoms with van der Waals surface area (Å²) in [6.07, 6.45) is 0. The molecular weight excluding hydrogens is 262 g/mol. The summed E-state index contributed by atoms with van der Waals surface area (Å²) in [6, 6.07) is 0. The smallest absolute Gasteiger partial charge is 0.220 e. The fourth-order valence-electron chi connectivity index (χ4n) is 0.604. The molecule has 0 aliphatic rings. The highest BCUT2D eigenvalue weighted by Gasteiger charge is 2.22. The van der Waals surface area contributed by atoms with Crippen LogP contribution in [-0.4, -0.2) is 39.4 Å². The molecule has 0 saturated carbocycles. The highest BCUT2D eigenvalue weighted by molar-refractivity contribution is 7.93. The van der Waals surface area contributed by atoms with E-state index >= 15 is 0 Å². The average Bonchev–Trinajstić information content (AvgIpc) is 1.99. The van der Waals surface area contributed by atoms with Crippen molar-refractivity contribution >= 4 is 37.3 Å². The van der Waals surface area contributed by atoms with Crippen molar-refractivity contribution in [2.45, 2.75) is 12.2 Å². The summed E-state index contributed by atoms with van der Waals surface area (Å²) in [7, 11) is -7.40. The second-order valence-corrected chi connectivity index (χ2v) is 7.14. The Labute approximate surface area is 94.3 Å². The monoisotopic (exact) mass is 275 g/mol. The first-order chi connectivity index (χ1) is 6.56. The molecule has 0 rings (SSSR count). The average molecular weight is 275 g/mol. The van der Waals surface area contributed by atoms with Crippen LogP contribution in [0, 0.1) is 0 Å². The van der Waals surface area contributed by atoms with Gasteiger partial charge in [0.15, 0.2) is 0 Å². The first-order valence-electron chi connectivity index (χ1n) is 3.84. The molecule has 0 amide bonds. The Morgan fingerprint density at radius 2 is 1.87 bits per heavy atom. The summed E-state index contributed by atoms with van der Waals surface area (Å²) in [6.45, 7) is 1.01. The standard InChI is InChI=1S/C5H13N3O4S3/c1-4(5(6)13)15(11,12)8-2-3-14(7,9)10/h4,8H,2-3H2,1H3,(H2,6,13)(H2,7,9,10). The summed E-state index contributed by atoms with van der Waals surface area (Å²) >= 11 is 4.51. The van der Waals surface area contributed by atoms with Crippen molar-refractivity contribution in [1.82, 2.24) is 4.72 Å². The van der Waals surface area contributed by atoms with E-state index in [2.05, 4.69) is 17.4 Å². The molecule has 0 radical (unpaired) electrons. The van der Waals surface area contributed by atoms with Crippen LogP contribution in [-0.2, 0) is 20.0 Å². The Bertz CT molecular complexity index is 426. The Balaban J connectivity index is 4.36. The van der Waals surface area contributed by atoms with E-state index in [1.807, 2.05) is 4.72 Å². The molecule has 0 saturated heterocycles. The van der Waals surface area contributed by atoms with Crippen LogP contribution in [0.25, 0.3) is 0 Å². The lowest BCUT2D eigenvalue weighted by Crippen LogP contribution is -2.42. The van der Waals surface area contributed by atoms with Gasteiger partial charge in [0.1, 0.15) is 5.25 Å². The van der Waals surface area contributed by atoms with Gasteiger partial charge in [-0.25, -0.2) is 26.7 Å². The molecule has 0 aromatic rings. The second kappa shape index (κ2) is 5.16. The highest BCUT2D eigenvalue weighted by atomic mass is 32.2. The van der Waals surface area contributed by atoms with Crippen LogP contribution in [0.3, 0.4) is 0 Å². The topological polar surface area (TPSA) is 132 Å². The number of rotatable bonds is 6. The van der Waals surface area contributed by atoms with Crippen LogP contribution in [0.5, 0.6) is 0 Å². The Kier molecular flexibility index (Phi) is 5.06. The van der Waals surface area contributed by atoms with Gasteiger partial charge >= 0.3 is 0 Å². The second-order valence-electron chi connectivity index (χ2n) is 2.85. The zero-order valence-electron chi connectivity index (χ0n) is 8.00. The van der Waals surface area contributed by atoms with Crippen molar-refractivity contribution in [2.75, 3.05) is 12.3 Å². The molecule has 1 atom stereocenters. The van der Waals surface area contributed by atoms with Gasteiger partial charge in [-0.1, -0.05) is 12.2 Å². The maximum Gasteiger partial charge on any atom is 0.220 e. The number of nitrogens with one attached hydrogen (secondary N) is 1. The molecular formula is C5H13N3O4S3. The van der Waals surface area contributed by atoms with Gasteiger partial charge in [0.05, 0.1) is 10.7 Å². The molecule has 0 bridgehead atoms. The SMILES string of the molecule is CC(C(N)=S)S(=O)(=O)NCCS(N)(=O)=O. The lowest BCUT2D eigenvalue weighted by Gasteiger charge is -2.11. The third kappa shape index (κ3) is 5.99. The normalized spacial score (nSPS) is 14.8. The Hall–Kier alpha value is -0.290. The van der Waals surface area contributed by atoms with Gasteiger partial charge in [-0.05, 0) is 6.92 Å². The molecule has 0 heterocycles.